The SMILES string of the molecule is Cn1ncnc1SCC(=O)C1CCCC1. The molecule has 0 radical (unpaired) electrons. The zero-order valence-corrected chi connectivity index (χ0v) is 9.66. The predicted molar refractivity (Wildman–Crippen MR) is 58.7 cm³/mol. The Balaban J connectivity index is 1.83. The second kappa shape index (κ2) is 4.79. The zero-order valence-electron chi connectivity index (χ0n) is 8.85. The number of aryl methyl sites for hydroxylation is 1. The molecule has 0 amide bonds. The Morgan fingerprint density at radius 1 is 1.60 bits per heavy atom. The molecule has 1 saturated carbocycles. The topological polar surface area (TPSA) is 47.8 Å². The molecule has 2 rings (SSSR count). The van der Waals surface area contributed by atoms with Crippen molar-refractivity contribution in [3.8, 4) is 0 Å². The van der Waals surface area contributed by atoms with Gasteiger partial charge in [0, 0.05) is 13.0 Å². The van der Waals surface area contributed by atoms with Gasteiger partial charge in [0.25, 0.3) is 0 Å². The molecule has 0 saturated heterocycles. The zero-order chi connectivity index (χ0) is 10.7. The van der Waals surface area contributed by atoms with E-state index in [9.17, 15) is 4.79 Å². The highest BCUT2D eigenvalue weighted by molar-refractivity contribution is 7.99. The first-order chi connectivity index (χ1) is 7.27. The number of thioether (sulfide) groups is 1. The molecule has 0 N–H and O–H groups in total. The molecular weight excluding hydrogens is 210 g/mol. The molecule has 15 heavy (non-hydrogen) atoms. The minimum Gasteiger partial charge on any atom is -0.298 e. The fourth-order valence-electron chi connectivity index (χ4n) is 1.92. The van der Waals surface area contributed by atoms with Gasteiger partial charge in [0.05, 0.1) is 5.75 Å². The molecule has 1 aromatic heterocycles. The van der Waals surface area contributed by atoms with Crippen LogP contribution in [-0.4, -0.2) is 26.3 Å². The van der Waals surface area contributed by atoms with Gasteiger partial charge in [0.2, 0.25) is 0 Å². The van der Waals surface area contributed by atoms with E-state index < -0.39 is 0 Å². The average molecular weight is 225 g/mol. The summed E-state index contributed by atoms with van der Waals surface area (Å²) in [5.41, 5.74) is 0. The van der Waals surface area contributed by atoms with Gasteiger partial charge in [-0.1, -0.05) is 24.6 Å². The minimum atomic E-state index is 0.311. The van der Waals surface area contributed by atoms with Gasteiger partial charge in [-0.2, -0.15) is 5.10 Å². The molecule has 1 aromatic rings. The van der Waals surface area contributed by atoms with Crippen molar-refractivity contribution in [2.75, 3.05) is 5.75 Å². The third-order valence-electron chi connectivity index (χ3n) is 2.82. The van der Waals surface area contributed by atoms with Crippen LogP contribution in [0.4, 0.5) is 0 Å². The summed E-state index contributed by atoms with van der Waals surface area (Å²) in [5, 5.41) is 4.79. The van der Waals surface area contributed by atoms with Crippen molar-refractivity contribution < 1.29 is 4.79 Å². The molecule has 0 aliphatic heterocycles. The number of aromatic nitrogens is 3. The summed E-state index contributed by atoms with van der Waals surface area (Å²) in [6.45, 7) is 0. The van der Waals surface area contributed by atoms with Crippen LogP contribution in [0.25, 0.3) is 0 Å². The second-order valence-electron chi connectivity index (χ2n) is 3.90. The van der Waals surface area contributed by atoms with Crippen molar-refractivity contribution in [3.63, 3.8) is 0 Å². The van der Waals surface area contributed by atoms with Crippen LogP contribution in [-0.2, 0) is 11.8 Å². The summed E-state index contributed by atoms with van der Waals surface area (Å²) in [7, 11) is 1.84. The van der Waals surface area contributed by atoms with E-state index in [0.717, 1.165) is 18.0 Å². The molecule has 0 bridgehead atoms. The molecule has 1 aliphatic rings. The maximum Gasteiger partial charge on any atom is 0.186 e. The number of Topliss-reactive ketones (excluding diaryl/α,β-unsaturated/α-hetero) is 1. The van der Waals surface area contributed by atoms with Crippen molar-refractivity contribution in [1.29, 1.82) is 0 Å². The fraction of sp³-hybridized carbons (Fsp3) is 0.700. The highest BCUT2D eigenvalue weighted by Gasteiger charge is 2.22. The molecule has 5 heteroatoms. The standard InChI is InChI=1S/C10H15N3OS/c1-13-10(11-7-12-13)15-6-9(14)8-4-2-3-5-8/h7-8H,2-6H2,1H3. The van der Waals surface area contributed by atoms with Crippen LogP contribution in [0.1, 0.15) is 25.7 Å². The third kappa shape index (κ3) is 2.59. The normalized spacial score (nSPS) is 17.1. The Kier molecular flexibility index (Phi) is 3.41. The van der Waals surface area contributed by atoms with E-state index in [1.165, 1.54) is 30.9 Å². The molecule has 0 unspecified atom stereocenters. The number of hydrogen-bond acceptors (Lipinski definition) is 4. The summed E-state index contributed by atoms with van der Waals surface area (Å²) in [4.78, 5) is 15.9. The molecule has 1 fully saturated rings. The van der Waals surface area contributed by atoms with Crippen molar-refractivity contribution in [2.24, 2.45) is 13.0 Å². The lowest BCUT2D eigenvalue weighted by Gasteiger charge is -2.06. The van der Waals surface area contributed by atoms with Gasteiger partial charge >= 0.3 is 0 Å². The quantitative estimate of drug-likeness (QED) is 0.731. The Morgan fingerprint density at radius 2 is 2.33 bits per heavy atom. The summed E-state index contributed by atoms with van der Waals surface area (Å²) >= 11 is 1.49. The Bertz CT molecular complexity index is 344. The molecule has 0 aromatic carbocycles. The molecule has 82 valence electrons. The molecule has 0 spiro atoms. The van der Waals surface area contributed by atoms with Crippen molar-refractivity contribution >= 4 is 17.5 Å². The van der Waals surface area contributed by atoms with Gasteiger partial charge < -0.3 is 0 Å². The van der Waals surface area contributed by atoms with Crippen LogP contribution in [0, 0.1) is 5.92 Å². The van der Waals surface area contributed by atoms with Crippen LogP contribution in [0.3, 0.4) is 0 Å². The van der Waals surface area contributed by atoms with E-state index in [4.69, 9.17) is 0 Å². The lowest BCUT2D eigenvalue weighted by atomic mass is 10.0. The number of nitrogens with zero attached hydrogens (tertiary/aromatic N) is 3. The van der Waals surface area contributed by atoms with Crippen LogP contribution in [0.5, 0.6) is 0 Å². The van der Waals surface area contributed by atoms with E-state index >= 15 is 0 Å². The first kappa shape index (κ1) is 10.7. The van der Waals surface area contributed by atoms with E-state index in [2.05, 4.69) is 10.1 Å². The van der Waals surface area contributed by atoms with Crippen molar-refractivity contribution in [2.45, 2.75) is 30.8 Å². The molecular formula is C10H15N3OS. The average Bonchev–Trinajstić information content (AvgIpc) is 2.85. The van der Waals surface area contributed by atoms with Crippen LogP contribution < -0.4 is 0 Å². The summed E-state index contributed by atoms with van der Waals surface area (Å²) in [5.74, 6) is 1.23. The summed E-state index contributed by atoms with van der Waals surface area (Å²) < 4.78 is 1.70. The number of hydrogen-bond donors (Lipinski definition) is 0. The van der Waals surface area contributed by atoms with Gasteiger partial charge in [-0.05, 0) is 12.8 Å². The van der Waals surface area contributed by atoms with Gasteiger partial charge in [0.15, 0.2) is 5.16 Å². The summed E-state index contributed by atoms with van der Waals surface area (Å²) in [6.07, 6.45) is 6.11. The molecule has 1 heterocycles. The lowest BCUT2D eigenvalue weighted by Crippen LogP contribution is -2.13. The largest absolute Gasteiger partial charge is 0.298 e. The van der Waals surface area contributed by atoms with Crippen LogP contribution >= 0.6 is 11.8 Å². The molecule has 4 nitrogen and oxygen atoms in total. The molecule has 0 atom stereocenters. The van der Waals surface area contributed by atoms with E-state index in [-0.39, 0.29) is 0 Å². The Labute approximate surface area is 93.5 Å². The minimum absolute atomic E-state index is 0.311. The maximum atomic E-state index is 11.8. The lowest BCUT2D eigenvalue weighted by molar-refractivity contribution is -0.120. The van der Waals surface area contributed by atoms with E-state index in [1.807, 2.05) is 7.05 Å². The molecule has 1 aliphatic carbocycles. The van der Waals surface area contributed by atoms with Crippen molar-refractivity contribution in [3.05, 3.63) is 6.33 Å². The van der Waals surface area contributed by atoms with E-state index in [0.29, 0.717) is 17.5 Å². The fourth-order valence-corrected chi connectivity index (χ4v) is 2.78. The monoisotopic (exact) mass is 225 g/mol. The van der Waals surface area contributed by atoms with Crippen LogP contribution in [0.15, 0.2) is 11.5 Å². The highest BCUT2D eigenvalue weighted by Crippen LogP contribution is 2.27. The van der Waals surface area contributed by atoms with E-state index in [1.54, 1.807) is 4.68 Å². The Hall–Kier alpha value is -0.840. The van der Waals surface area contributed by atoms with Gasteiger partial charge in [0.1, 0.15) is 12.1 Å². The summed E-state index contributed by atoms with van der Waals surface area (Å²) in [6, 6.07) is 0. The van der Waals surface area contributed by atoms with Gasteiger partial charge in [-0.3, -0.25) is 4.79 Å². The number of carbonyl (C=O) groups excluding carboxylic acids is 1. The second-order valence-corrected chi connectivity index (χ2v) is 4.85. The first-order valence-corrected chi connectivity index (χ1v) is 6.25. The Morgan fingerprint density at radius 3 is 2.93 bits per heavy atom. The maximum absolute atomic E-state index is 11.8. The third-order valence-corrected chi connectivity index (χ3v) is 3.88. The highest BCUT2D eigenvalue weighted by atomic mass is 32.2. The first-order valence-electron chi connectivity index (χ1n) is 5.27. The predicted octanol–water partition coefficient (Wildman–Crippen LogP) is 1.67. The smallest absolute Gasteiger partial charge is 0.186 e. The van der Waals surface area contributed by atoms with Gasteiger partial charge in [-0.15, -0.1) is 0 Å². The number of carbonyl (C=O) groups is 1. The number of rotatable bonds is 4. The number of ketones is 1. The van der Waals surface area contributed by atoms with Gasteiger partial charge in [-0.25, -0.2) is 9.67 Å². The van der Waals surface area contributed by atoms with Crippen molar-refractivity contribution in [1.82, 2.24) is 14.8 Å². The van der Waals surface area contributed by atoms with Crippen LogP contribution in [0.2, 0.25) is 0 Å².